The standard InChI is InChI=1S/C13H17N3O/c1-11-14-6-8-16(11)9-7-15-12-4-3-5-13(10-12)17-2/h3-6,8,10,15H,7,9H2,1-2H3. The molecule has 1 aromatic carbocycles. The van der Waals surface area contributed by atoms with Gasteiger partial charge in [0.05, 0.1) is 7.11 Å². The fourth-order valence-corrected chi connectivity index (χ4v) is 1.69. The smallest absolute Gasteiger partial charge is 0.120 e. The van der Waals surface area contributed by atoms with Gasteiger partial charge < -0.3 is 14.6 Å². The van der Waals surface area contributed by atoms with Crippen LogP contribution in [0.5, 0.6) is 5.75 Å². The molecule has 0 aliphatic rings. The lowest BCUT2D eigenvalue weighted by Gasteiger charge is -2.09. The predicted octanol–water partition coefficient (Wildman–Crippen LogP) is 2.31. The van der Waals surface area contributed by atoms with Gasteiger partial charge in [-0.1, -0.05) is 6.07 Å². The van der Waals surface area contributed by atoms with Crippen LogP contribution in [0.3, 0.4) is 0 Å². The topological polar surface area (TPSA) is 39.1 Å². The van der Waals surface area contributed by atoms with Crippen molar-refractivity contribution in [3.05, 3.63) is 42.5 Å². The van der Waals surface area contributed by atoms with E-state index in [4.69, 9.17) is 4.74 Å². The highest BCUT2D eigenvalue weighted by Crippen LogP contribution is 2.16. The van der Waals surface area contributed by atoms with Gasteiger partial charge in [0, 0.05) is 37.2 Å². The minimum Gasteiger partial charge on any atom is -0.497 e. The molecule has 90 valence electrons. The molecule has 1 heterocycles. The summed E-state index contributed by atoms with van der Waals surface area (Å²) in [6, 6.07) is 7.93. The van der Waals surface area contributed by atoms with E-state index in [0.717, 1.165) is 30.4 Å². The van der Waals surface area contributed by atoms with Crippen LogP contribution in [0.1, 0.15) is 5.82 Å². The van der Waals surface area contributed by atoms with Crippen LogP contribution in [0.2, 0.25) is 0 Å². The zero-order valence-electron chi connectivity index (χ0n) is 10.2. The monoisotopic (exact) mass is 231 g/mol. The largest absolute Gasteiger partial charge is 0.497 e. The van der Waals surface area contributed by atoms with Crippen molar-refractivity contribution in [2.75, 3.05) is 19.0 Å². The minimum atomic E-state index is 0.865. The number of ether oxygens (including phenoxy) is 1. The Bertz CT molecular complexity index is 479. The molecule has 2 aromatic rings. The fourth-order valence-electron chi connectivity index (χ4n) is 1.69. The molecule has 0 saturated heterocycles. The fraction of sp³-hybridized carbons (Fsp3) is 0.308. The highest BCUT2D eigenvalue weighted by Gasteiger charge is 1.97. The zero-order chi connectivity index (χ0) is 12.1. The van der Waals surface area contributed by atoms with Gasteiger partial charge in [0.15, 0.2) is 0 Å². The molecule has 0 amide bonds. The maximum atomic E-state index is 5.17. The molecule has 4 heteroatoms. The average molecular weight is 231 g/mol. The van der Waals surface area contributed by atoms with Crippen LogP contribution in [0, 0.1) is 6.92 Å². The molecule has 0 unspecified atom stereocenters. The molecule has 0 aliphatic carbocycles. The summed E-state index contributed by atoms with van der Waals surface area (Å²) in [6.07, 6.45) is 3.81. The van der Waals surface area contributed by atoms with Crippen molar-refractivity contribution in [2.24, 2.45) is 0 Å². The molecule has 2 rings (SSSR count). The lowest BCUT2D eigenvalue weighted by atomic mass is 10.3. The summed E-state index contributed by atoms with van der Waals surface area (Å²) in [5, 5.41) is 3.36. The summed E-state index contributed by atoms with van der Waals surface area (Å²) < 4.78 is 7.29. The van der Waals surface area contributed by atoms with Crippen molar-refractivity contribution >= 4 is 5.69 Å². The van der Waals surface area contributed by atoms with Crippen molar-refractivity contribution in [3.8, 4) is 5.75 Å². The Hall–Kier alpha value is -1.97. The summed E-state index contributed by atoms with van der Waals surface area (Å²) in [5.41, 5.74) is 1.07. The minimum absolute atomic E-state index is 0.865. The van der Waals surface area contributed by atoms with E-state index in [2.05, 4.69) is 14.9 Å². The summed E-state index contributed by atoms with van der Waals surface area (Å²) in [6.45, 7) is 3.78. The number of aromatic nitrogens is 2. The Morgan fingerprint density at radius 2 is 2.29 bits per heavy atom. The molecule has 0 atom stereocenters. The summed E-state index contributed by atoms with van der Waals surface area (Å²) >= 11 is 0. The van der Waals surface area contributed by atoms with Gasteiger partial charge in [-0.3, -0.25) is 0 Å². The third-order valence-electron chi connectivity index (χ3n) is 2.68. The molecular formula is C13H17N3O. The first-order valence-electron chi connectivity index (χ1n) is 5.65. The Balaban J connectivity index is 1.87. The lowest BCUT2D eigenvalue weighted by molar-refractivity contribution is 0.415. The first-order chi connectivity index (χ1) is 8.29. The number of aryl methyl sites for hydroxylation is 1. The maximum Gasteiger partial charge on any atom is 0.120 e. The Morgan fingerprint density at radius 1 is 1.41 bits per heavy atom. The van der Waals surface area contributed by atoms with E-state index in [1.54, 1.807) is 7.11 Å². The Labute approximate surface area is 101 Å². The number of nitrogens with one attached hydrogen (secondary N) is 1. The number of benzene rings is 1. The quantitative estimate of drug-likeness (QED) is 0.858. The third kappa shape index (κ3) is 3.00. The molecule has 0 spiro atoms. The van der Waals surface area contributed by atoms with Gasteiger partial charge >= 0.3 is 0 Å². The van der Waals surface area contributed by atoms with E-state index in [-0.39, 0.29) is 0 Å². The molecule has 0 saturated carbocycles. The van der Waals surface area contributed by atoms with E-state index >= 15 is 0 Å². The molecule has 1 aromatic heterocycles. The van der Waals surface area contributed by atoms with Crippen LogP contribution in [-0.2, 0) is 6.54 Å². The van der Waals surface area contributed by atoms with Gasteiger partial charge in [0.25, 0.3) is 0 Å². The number of imidazole rings is 1. The van der Waals surface area contributed by atoms with Gasteiger partial charge in [-0.25, -0.2) is 4.98 Å². The highest BCUT2D eigenvalue weighted by molar-refractivity contribution is 5.47. The first kappa shape index (κ1) is 11.5. The van der Waals surface area contributed by atoms with E-state index < -0.39 is 0 Å². The highest BCUT2D eigenvalue weighted by atomic mass is 16.5. The summed E-state index contributed by atoms with van der Waals surface area (Å²) in [7, 11) is 1.67. The number of hydrogen-bond donors (Lipinski definition) is 1. The molecule has 0 fully saturated rings. The lowest BCUT2D eigenvalue weighted by Crippen LogP contribution is -2.10. The molecule has 4 nitrogen and oxygen atoms in total. The second-order valence-corrected chi connectivity index (χ2v) is 3.83. The van der Waals surface area contributed by atoms with Crippen LogP contribution in [0.15, 0.2) is 36.7 Å². The molecule has 0 bridgehead atoms. The van der Waals surface area contributed by atoms with Gasteiger partial charge in [0.1, 0.15) is 11.6 Å². The van der Waals surface area contributed by atoms with Gasteiger partial charge in [-0.2, -0.15) is 0 Å². The Morgan fingerprint density at radius 3 is 3.00 bits per heavy atom. The SMILES string of the molecule is COc1cccc(NCCn2ccnc2C)c1. The van der Waals surface area contributed by atoms with Crippen LogP contribution >= 0.6 is 0 Å². The van der Waals surface area contributed by atoms with Gasteiger partial charge in [-0.05, 0) is 19.1 Å². The average Bonchev–Trinajstić information content (AvgIpc) is 2.76. The first-order valence-corrected chi connectivity index (χ1v) is 5.65. The van der Waals surface area contributed by atoms with Crippen molar-refractivity contribution in [3.63, 3.8) is 0 Å². The molecule has 17 heavy (non-hydrogen) atoms. The maximum absolute atomic E-state index is 5.17. The van der Waals surface area contributed by atoms with Crippen molar-refractivity contribution in [2.45, 2.75) is 13.5 Å². The number of methoxy groups -OCH3 is 1. The van der Waals surface area contributed by atoms with Crippen molar-refractivity contribution in [1.29, 1.82) is 0 Å². The van der Waals surface area contributed by atoms with Crippen LogP contribution in [0.4, 0.5) is 5.69 Å². The third-order valence-corrected chi connectivity index (χ3v) is 2.68. The van der Waals surface area contributed by atoms with E-state index in [1.807, 2.05) is 43.6 Å². The molecule has 1 N–H and O–H groups in total. The number of rotatable bonds is 5. The van der Waals surface area contributed by atoms with Crippen LogP contribution in [-0.4, -0.2) is 23.2 Å². The Kier molecular flexibility index (Phi) is 3.65. The second-order valence-electron chi connectivity index (χ2n) is 3.83. The van der Waals surface area contributed by atoms with E-state index in [9.17, 15) is 0 Å². The van der Waals surface area contributed by atoms with Crippen LogP contribution in [0.25, 0.3) is 0 Å². The molecule has 0 aliphatic heterocycles. The normalized spacial score (nSPS) is 10.2. The molecule has 0 radical (unpaired) electrons. The number of anilines is 1. The summed E-state index contributed by atoms with van der Waals surface area (Å²) in [4.78, 5) is 4.18. The summed E-state index contributed by atoms with van der Waals surface area (Å²) in [5.74, 6) is 1.91. The second kappa shape index (κ2) is 5.39. The van der Waals surface area contributed by atoms with E-state index in [0.29, 0.717) is 0 Å². The van der Waals surface area contributed by atoms with Crippen molar-refractivity contribution in [1.82, 2.24) is 9.55 Å². The number of nitrogens with zero attached hydrogens (tertiary/aromatic N) is 2. The van der Waals surface area contributed by atoms with Gasteiger partial charge in [0.2, 0.25) is 0 Å². The van der Waals surface area contributed by atoms with Crippen molar-refractivity contribution < 1.29 is 4.74 Å². The van der Waals surface area contributed by atoms with Gasteiger partial charge in [-0.15, -0.1) is 0 Å². The zero-order valence-corrected chi connectivity index (χ0v) is 10.2. The predicted molar refractivity (Wildman–Crippen MR) is 68.4 cm³/mol. The number of hydrogen-bond acceptors (Lipinski definition) is 3. The van der Waals surface area contributed by atoms with Crippen LogP contribution < -0.4 is 10.1 Å². The van der Waals surface area contributed by atoms with E-state index in [1.165, 1.54) is 0 Å². The molecular weight excluding hydrogens is 214 g/mol.